The summed E-state index contributed by atoms with van der Waals surface area (Å²) in [5.74, 6) is -0.194. The molecule has 1 aromatic rings. The van der Waals surface area contributed by atoms with Crippen molar-refractivity contribution in [1.29, 1.82) is 0 Å². The van der Waals surface area contributed by atoms with Gasteiger partial charge in [0.15, 0.2) is 0 Å². The van der Waals surface area contributed by atoms with Gasteiger partial charge in [0.1, 0.15) is 5.54 Å². The van der Waals surface area contributed by atoms with Crippen LogP contribution in [-0.4, -0.2) is 41.5 Å². The molecule has 3 rings (SSSR count). The lowest BCUT2D eigenvalue weighted by molar-refractivity contribution is -0.126. The summed E-state index contributed by atoms with van der Waals surface area (Å²) >= 11 is 0. The molecule has 27 heavy (non-hydrogen) atoms. The van der Waals surface area contributed by atoms with Gasteiger partial charge in [0.2, 0.25) is 0 Å². The predicted octanol–water partition coefficient (Wildman–Crippen LogP) is 2.93. The minimum atomic E-state index is -0.832. The van der Waals surface area contributed by atoms with Gasteiger partial charge in [-0.15, -0.1) is 0 Å². The Hall–Kier alpha value is -2.57. The molecule has 1 atom stereocenters. The molecule has 0 aliphatic carbocycles. The Morgan fingerprint density at radius 3 is 2.37 bits per heavy atom. The number of urea groups is 2. The molecule has 2 fully saturated rings. The molecule has 1 unspecified atom stereocenters. The van der Waals surface area contributed by atoms with Crippen LogP contribution in [0.3, 0.4) is 0 Å². The number of anilines is 1. The molecule has 2 aliphatic heterocycles. The molecule has 2 saturated heterocycles. The highest BCUT2D eigenvalue weighted by Gasteiger charge is 2.51. The second kappa shape index (κ2) is 7.58. The number of benzene rings is 1. The maximum absolute atomic E-state index is 12.7. The van der Waals surface area contributed by atoms with Crippen molar-refractivity contribution in [2.24, 2.45) is 5.92 Å². The molecule has 0 aromatic heterocycles. The molecule has 0 saturated carbocycles. The zero-order chi connectivity index (χ0) is 19.6. The number of imide groups is 1. The van der Waals surface area contributed by atoms with Gasteiger partial charge in [0.05, 0.1) is 0 Å². The number of carbonyl (C=O) groups is 3. The molecule has 7 nitrogen and oxygen atoms in total. The van der Waals surface area contributed by atoms with E-state index in [2.05, 4.69) is 16.0 Å². The van der Waals surface area contributed by atoms with E-state index in [1.54, 1.807) is 4.90 Å². The van der Waals surface area contributed by atoms with E-state index in [9.17, 15) is 14.4 Å². The van der Waals surface area contributed by atoms with E-state index in [0.29, 0.717) is 32.4 Å². The van der Waals surface area contributed by atoms with E-state index in [1.165, 1.54) is 0 Å². The molecule has 3 N–H and O–H groups in total. The van der Waals surface area contributed by atoms with E-state index in [1.807, 2.05) is 39.0 Å². The van der Waals surface area contributed by atoms with Crippen LogP contribution < -0.4 is 16.0 Å². The molecule has 7 heteroatoms. The summed E-state index contributed by atoms with van der Waals surface area (Å²) in [6.45, 7) is 7.09. The normalized spacial score (nSPS) is 23.1. The van der Waals surface area contributed by atoms with Gasteiger partial charge in [0.25, 0.3) is 5.91 Å². The minimum absolute atomic E-state index is 0.0353. The number of hydrogen-bond acceptors (Lipinski definition) is 3. The second-order valence-electron chi connectivity index (χ2n) is 7.59. The molecule has 0 spiro atoms. The highest BCUT2D eigenvalue weighted by molar-refractivity contribution is 6.07. The first-order valence-electron chi connectivity index (χ1n) is 9.63. The van der Waals surface area contributed by atoms with Crippen molar-refractivity contribution >= 4 is 23.7 Å². The fourth-order valence-corrected chi connectivity index (χ4v) is 4.34. The number of nitrogens with one attached hydrogen (secondary N) is 3. The molecule has 0 radical (unpaired) electrons. The number of carbonyl (C=O) groups excluding carboxylic acids is 3. The number of piperidine rings is 1. The standard InChI is InChI=1S/C20H28N4O3/c1-4-10-20(17(25)22-18(26)23-20)15-8-11-24(12-9-15)19(27)21-16-13(2)6-5-7-14(16)3/h5-7,15H,4,8-12H2,1-3H3,(H,21,27)(H2,22,23,25,26). The van der Waals surface area contributed by atoms with E-state index in [-0.39, 0.29) is 17.9 Å². The number of likely N-dealkylation sites (tertiary alicyclic amines) is 1. The summed E-state index contributed by atoms with van der Waals surface area (Å²) in [5.41, 5.74) is 2.09. The first-order chi connectivity index (χ1) is 12.9. The predicted molar refractivity (Wildman–Crippen MR) is 104 cm³/mol. The highest BCUT2D eigenvalue weighted by Crippen LogP contribution is 2.34. The van der Waals surface area contributed by atoms with Crippen LogP contribution in [0.25, 0.3) is 0 Å². The largest absolute Gasteiger partial charge is 0.325 e. The van der Waals surface area contributed by atoms with Crippen molar-refractivity contribution < 1.29 is 14.4 Å². The number of amides is 5. The molecular weight excluding hydrogens is 344 g/mol. The van der Waals surface area contributed by atoms with Crippen LogP contribution in [0, 0.1) is 19.8 Å². The first-order valence-corrected chi connectivity index (χ1v) is 9.63. The van der Waals surface area contributed by atoms with Gasteiger partial charge in [-0.05, 0) is 50.2 Å². The van der Waals surface area contributed by atoms with Crippen molar-refractivity contribution in [3.63, 3.8) is 0 Å². The van der Waals surface area contributed by atoms with Crippen molar-refractivity contribution in [2.45, 2.75) is 52.0 Å². The topological polar surface area (TPSA) is 90.5 Å². The SMILES string of the molecule is CCCC1(C2CCN(C(=O)Nc3c(C)cccc3C)CC2)NC(=O)NC1=O. The third-order valence-corrected chi connectivity index (χ3v) is 5.81. The summed E-state index contributed by atoms with van der Waals surface area (Å²) in [6, 6.07) is 5.40. The Kier molecular flexibility index (Phi) is 5.39. The van der Waals surface area contributed by atoms with Gasteiger partial charge in [-0.3, -0.25) is 10.1 Å². The van der Waals surface area contributed by atoms with E-state index in [4.69, 9.17) is 0 Å². The van der Waals surface area contributed by atoms with Gasteiger partial charge in [-0.25, -0.2) is 9.59 Å². The van der Waals surface area contributed by atoms with Crippen LogP contribution in [0.2, 0.25) is 0 Å². The number of rotatable bonds is 4. The van der Waals surface area contributed by atoms with E-state index < -0.39 is 11.6 Å². The second-order valence-corrected chi connectivity index (χ2v) is 7.59. The highest BCUT2D eigenvalue weighted by atomic mass is 16.2. The van der Waals surface area contributed by atoms with Gasteiger partial charge >= 0.3 is 12.1 Å². The average molecular weight is 372 g/mol. The summed E-state index contributed by atoms with van der Waals surface area (Å²) < 4.78 is 0. The van der Waals surface area contributed by atoms with Crippen LogP contribution in [0.5, 0.6) is 0 Å². The average Bonchev–Trinajstić information content (AvgIpc) is 2.93. The minimum Gasteiger partial charge on any atom is -0.325 e. The van der Waals surface area contributed by atoms with E-state index >= 15 is 0 Å². The summed E-state index contributed by atoms with van der Waals surface area (Å²) in [6.07, 6.45) is 2.80. The van der Waals surface area contributed by atoms with Crippen molar-refractivity contribution in [1.82, 2.24) is 15.5 Å². The molecule has 146 valence electrons. The maximum atomic E-state index is 12.7. The Labute approximate surface area is 159 Å². The fraction of sp³-hybridized carbons (Fsp3) is 0.550. The lowest BCUT2D eigenvalue weighted by Gasteiger charge is -2.40. The Morgan fingerprint density at radius 1 is 1.22 bits per heavy atom. The van der Waals surface area contributed by atoms with Gasteiger partial charge in [0, 0.05) is 18.8 Å². The zero-order valence-electron chi connectivity index (χ0n) is 16.2. The summed E-state index contributed by atoms with van der Waals surface area (Å²) in [5, 5.41) is 8.28. The van der Waals surface area contributed by atoms with Crippen LogP contribution in [0.1, 0.15) is 43.7 Å². The van der Waals surface area contributed by atoms with E-state index in [0.717, 1.165) is 23.2 Å². The molecule has 2 heterocycles. The molecule has 1 aromatic carbocycles. The summed E-state index contributed by atoms with van der Waals surface area (Å²) in [4.78, 5) is 38.6. The van der Waals surface area contributed by atoms with Gasteiger partial charge in [-0.1, -0.05) is 31.5 Å². The fourth-order valence-electron chi connectivity index (χ4n) is 4.34. The zero-order valence-corrected chi connectivity index (χ0v) is 16.2. The third-order valence-electron chi connectivity index (χ3n) is 5.81. The molecule has 5 amide bonds. The molecule has 2 aliphatic rings. The lowest BCUT2D eigenvalue weighted by Crippen LogP contribution is -2.56. The monoisotopic (exact) mass is 372 g/mol. The molecule has 0 bridgehead atoms. The Bertz CT molecular complexity index is 735. The Morgan fingerprint density at radius 2 is 1.85 bits per heavy atom. The van der Waals surface area contributed by atoms with Crippen LogP contribution >= 0.6 is 0 Å². The maximum Gasteiger partial charge on any atom is 0.322 e. The van der Waals surface area contributed by atoms with Crippen LogP contribution in [0.4, 0.5) is 15.3 Å². The van der Waals surface area contributed by atoms with Crippen molar-refractivity contribution in [3.8, 4) is 0 Å². The smallest absolute Gasteiger partial charge is 0.322 e. The lowest BCUT2D eigenvalue weighted by atomic mass is 9.75. The number of hydrogen-bond donors (Lipinski definition) is 3. The van der Waals surface area contributed by atoms with Gasteiger partial charge < -0.3 is 15.5 Å². The summed E-state index contributed by atoms with van der Waals surface area (Å²) in [7, 11) is 0. The van der Waals surface area contributed by atoms with Crippen LogP contribution in [-0.2, 0) is 4.79 Å². The van der Waals surface area contributed by atoms with Crippen LogP contribution in [0.15, 0.2) is 18.2 Å². The quantitative estimate of drug-likeness (QED) is 0.710. The first kappa shape index (κ1) is 19.2. The third kappa shape index (κ3) is 3.63. The number of para-hydroxylation sites is 1. The van der Waals surface area contributed by atoms with Crippen molar-refractivity contribution in [3.05, 3.63) is 29.3 Å². The Balaban J connectivity index is 1.65. The molecular formula is C20H28N4O3. The van der Waals surface area contributed by atoms with Gasteiger partial charge in [-0.2, -0.15) is 0 Å². The number of aryl methyl sites for hydroxylation is 2. The van der Waals surface area contributed by atoms with Crippen molar-refractivity contribution in [2.75, 3.05) is 18.4 Å². The number of nitrogens with zero attached hydrogens (tertiary/aromatic N) is 1.